The van der Waals surface area contributed by atoms with E-state index in [2.05, 4.69) is 45.1 Å². The lowest BCUT2D eigenvalue weighted by Crippen LogP contribution is -2.33. The molecule has 2 N–H and O–H groups in total. The smallest absolute Gasteiger partial charge is 0.336 e. The molecular formula is C28H29NO3. The number of aromatic carboxylic acids is 1. The molecule has 164 valence electrons. The minimum absolute atomic E-state index is 0.0456. The Balaban J connectivity index is 1.71. The van der Waals surface area contributed by atoms with Gasteiger partial charge in [0.25, 0.3) is 5.91 Å². The average Bonchev–Trinajstić information content (AvgIpc) is 2.77. The number of anilines is 1. The molecule has 0 atom stereocenters. The van der Waals surface area contributed by atoms with E-state index < -0.39 is 5.97 Å². The lowest BCUT2D eigenvalue weighted by molar-refractivity contribution is 0.0697. The highest BCUT2D eigenvalue weighted by atomic mass is 16.4. The molecule has 0 bridgehead atoms. The van der Waals surface area contributed by atoms with Crippen LogP contribution in [0.3, 0.4) is 0 Å². The van der Waals surface area contributed by atoms with Crippen LogP contribution in [0.4, 0.5) is 5.69 Å². The number of hydrogen-bond acceptors (Lipinski definition) is 2. The van der Waals surface area contributed by atoms with Gasteiger partial charge in [-0.1, -0.05) is 70.2 Å². The number of hydrogen-bond donors (Lipinski definition) is 2. The lowest BCUT2D eigenvalue weighted by Gasteiger charge is -2.42. The summed E-state index contributed by atoms with van der Waals surface area (Å²) in [6.45, 7) is 9.06. The van der Waals surface area contributed by atoms with Crippen molar-refractivity contribution < 1.29 is 14.7 Å². The Labute approximate surface area is 189 Å². The number of benzene rings is 3. The first-order valence-corrected chi connectivity index (χ1v) is 11.0. The number of nitrogens with one attached hydrogen (secondary N) is 1. The first-order chi connectivity index (χ1) is 15.1. The van der Waals surface area contributed by atoms with Crippen molar-refractivity contribution in [3.8, 4) is 11.1 Å². The number of carbonyl (C=O) groups excluding carboxylic acids is 1. The minimum Gasteiger partial charge on any atom is -0.478 e. The fourth-order valence-corrected chi connectivity index (χ4v) is 4.69. The van der Waals surface area contributed by atoms with E-state index in [9.17, 15) is 14.7 Å². The topological polar surface area (TPSA) is 66.4 Å². The molecule has 1 aliphatic carbocycles. The zero-order valence-electron chi connectivity index (χ0n) is 19.0. The third-order valence-electron chi connectivity index (χ3n) is 6.73. The Hall–Kier alpha value is -3.40. The van der Waals surface area contributed by atoms with Gasteiger partial charge in [0.1, 0.15) is 0 Å². The van der Waals surface area contributed by atoms with Crippen molar-refractivity contribution in [1.82, 2.24) is 0 Å². The minimum atomic E-state index is -1.02. The molecule has 0 heterocycles. The largest absolute Gasteiger partial charge is 0.478 e. The van der Waals surface area contributed by atoms with Gasteiger partial charge >= 0.3 is 5.97 Å². The van der Waals surface area contributed by atoms with Gasteiger partial charge in [-0.2, -0.15) is 0 Å². The summed E-state index contributed by atoms with van der Waals surface area (Å²) in [5, 5.41) is 12.6. The van der Waals surface area contributed by atoms with Gasteiger partial charge in [-0.15, -0.1) is 0 Å². The van der Waals surface area contributed by atoms with Crippen LogP contribution in [-0.4, -0.2) is 17.0 Å². The average molecular weight is 428 g/mol. The van der Waals surface area contributed by atoms with Gasteiger partial charge < -0.3 is 10.4 Å². The van der Waals surface area contributed by atoms with Gasteiger partial charge in [-0.05, 0) is 70.2 Å². The van der Waals surface area contributed by atoms with Gasteiger partial charge in [0.05, 0.1) is 5.56 Å². The Bertz CT molecular complexity index is 1210. The monoisotopic (exact) mass is 427 g/mol. The van der Waals surface area contributed by atoms with E-state index in [0.29, 0.717) is 16.7 Å². The molecule has 0 fully saturated rings. The van der Waals surface area contributed by atoms with Crippen LogP contribution in [0.25, 0.3) is 11.1 Å². The molecule has 0 aromatic heterocycles. The van der Waals surface area contributed by atoms with Crippen LogP contribution >= 0.6 is 0 Å². The predicted molar refractivity (Wildman–Crippen MR) is 129 cm³/mol. The second-order valence-electron chi connectivity index (χ2n) is 9.88. The molecule has 1 aliphatic rings. The number of carboxylic acids is 1. The SMILES string of the molecule is CC1(C)CCC(C)(C)c2cc(NC(=O)c3ccccc3-c3ccccc3C(=O)O)ccc21. The molecule has 0 aliphatic heterocycles. The normalized spacial score (nSPS) is 16.1. The van der Waals surface area contributed by atoms with Crippen LogP contribution in [0.15, 0.2) is 66.7 Å². The van der Waals surface area contributed by atoms with Gasteiger partial charge in [-0.3, -0.25) is 4.79 Å². The fraction of sp³-hybridized carbons (Fsp3) is 0.286. The van der Waals surface area contributed by atoms with Gasteiger partial charge in [0.15, 0.2) is 0 Å². The summed E-state index contributed by atoms with van der Waals surface area (Å²) in [5.41, 5.74) is 5.26. The predicted octanol–water partition coefficient (Wildman–Crippen LogP) is 6.65. The Morgan fingerprint density at radius 3 is 1.91 bits per heavy atom. The molecule has 3 aromatic carbocycles. The molecule has 4 rings (SSSR count). The van der Waals surface area contributed by atoms with Crippen molar-refractivity contribution in [1.29, 1.82) is 0 Å². The van der Waals surface area contributed by atoms with Crippen molar-refractivity contribution >= 4 is 17.6 Å². The van der Waals surface area contributed by atoms with E-state index >= 15 is 0 Å². The molecule has 0 radical (unpaired) electrons. The Morgan fingerprint density at radius 2 is 1.28 bits per heavy atom. The number of carboxylic acid groups (broad SMARTS) is 1. The Morgan fingerprint density at radius 1 is 0.750 bits per heavy atom. The van der Waals surface area contributed by atoms with Gasteiger partial charge in [0.2, 0.25) is 0 Å². The molecule has 0 saturated carbocycles. The zero-order chi connectivity index (χ0) is 23.1. The van der Waals surface area contributed by atoms with Crippen LogP contribution in [0.1, 0.15) is 72.4 Å². The van der Waals surface area contributed by atoms with Crippen molar-refractivity contribution in [3.05, 3.63) is 89.0 Å². The van der Waals surface area contributed by atoms with Crippen molar-refractivity contribution in [2.75, 3.05) is 5.32 Å². The van der Waals surface area contributed by atoms with E-state index in [1.807, 2.05) is 12.1 Å². The highest BCUT2D eigenvalue weighted by Gasteiger charge is 2.37. The highest BCUT2D eigenvalue weighted by molar-refractivity contribution is 6.10. The van der Waals surface area contributed by atoms with E-state index in [-0.39, 0.29) is 22.3 Å². The first kappa shape index (κ1) is 21.8. The van der Waals surface area contributed by atoms with Crippen LogP contribution in [0, 0.1) is 0 Å². The third kappa shape index (κ3) is 3.93. The summed E-state index contributed by atoms with van der Waals surface area (Å²) >= 11 is 0. The standard InChI is InChI=1S/C28H29NO3/c1-27(2)15-16-28(3,4)24-17-18(13-14-23(24)27)29-25(30)21-11-7-5-9-19(21)20-10-6-8-12-22(20)26(31)32/h5-14,17H,15-16H2,1-4H3,(H,29,30)(H,31,32). The summed E-state index contributed by atoms with van der Waals surface area (Å²) in [6, 6.07) is 20.1. The Kier molecular flexibility index (Phi) is 5.41. The maximum atomic E-state index is 13.3. The molecule has 1 amide bonds. The van der Waals surface area contributed by atoms with Gasteiger partial charge in [0, 0.05) is 11.3 Å². The molecule has 32 heavy (non-hydrogen) atoms. The molecule has 0 unspecified atom stereocenters. The molecular weight excluding hydrogens is 398 g/mol. The molecule has 0 spiro atoms. The molecule has 0 saturated heterocycles. The van der Waals surface area contributed by atoms with Crippen LogP contribution in [-0.2, 0) is 10.8 Å². The van der Waals surface area contributed by atoms with Crippen molar-refractivity contribution in [2.24, 2.45) is 0 Å². The van der Waals surface area contributed by atoms with Gasteiger partial charge in [-0.25, -0.2) is 4.79 Å². The van der Waals surface area contributed by atoms with E-state index in [0.717, 1.165) is 18.5 Å². The maximum absolute atomic E-state index is 13.3. The second kappa shape index (κ2) is 7.94. The number of rotatable bonds is 4. The molecule has 4 nitrogen and oxygen atoms in total. The summed E-state index contributed by atoms with van der Waals surface area (Å²) in [4.78, 5) is 25.0. The summed E-state index contributed by atoms with van der Waals surface area (Å²) < 4.78 is 0. The van der Waals surface area contributed by atoms with Crippen molar-refractivity contribution in [2.45, 2.75) is 51.4 Å². The zero-order valence-corrected chi connectivity index (χ0v) is 19.0. The maximum Gasteiger partial charge on any atom is 0.336 e. The fourth-order valence-electron chi connectivity index (χ4n) is 4.69. The third-order valence-corrected chi connectivity index (χ3v) is 6.73. The van der Waals surface area contributed by atoms with Crippen molar-refractivity contribution in [3.63, 3.8) is 0 Å². The quantitative estimate of drug-likeness (QED) is 0.490. The van der Waals surface area contributed by atoms with Crippen LogP contribution in [0.2, 0.25) is 0 Å². The van der Waals surface area contributed by atoms with Crippen LogP contribution < -0.4 is 5.32 Å². The summed E-state index contributed by atoms with van der Waals surface area (Å²) in [7, 11) is 0. The second-order valence-corrected chi connectivity index (χ2v) is 9.88. The lowest BCUT2D eigenvalue weighted by atomic mass is 9.63. The summed E-state index contributed by atoms with van der Waals surface area (Å²) in [5.74, 6) is -1.27. The summed E-state index contributed by atoms with van der Waals surface area (Å²) in [6.07, 6.45) is 2.23. The number of fused-ring (bicyclic) bond motifs is 1. The van der Waals surface area contributed by atoms with E-state index in [1.54, 1.807) is 42.5 Å². The number of amides is 1. The molecule has 4 heteroatoms. The van der Waals surface area contributed by atoms with E-state index in [1.165, 1.54) is 11.1 Å². The molecule has 3 aromatic rings. The highest BCUT2D eigenvalue weighted by Crippen LogP contribution is 2.46. The number of carbonyl (C=O) groups is 2. The first-order valence-electron chi connectivity index (χ1n) is 11.0. The van der Waals surface area contributed by atoms with Crippen LogP contribution in [0.5, 0.6) is 0 Å². The van der Waals surface area contributed by atoms with E-state index in [4.69, 9.17) is 0 Å².